The van der Waals surface area contributed by atoms with Crippen LogP contribution in [0.2, 0.25) is 0 Å². The predicted octanol–water partition coefficient (Wildman–Crippen LogP) is 5.23. The summed E-state index contributed by atoms with van der Waals surface area (Å²) in [7, 11) is 0. The lowest BCUT2D eigenvalue weighted by molar-refractivity contribution is 0.812. The summed E-state index contributed by atoms with van der Waals surface area (Å²) in [6.07, 6.45) is 18.8. The van der Waals surface area contributed by atoms with Crippen molar-refractivity contribution < 1.29 is 0 Å². The first-order valence-corrected chi connectivity index (χ1v) is 10.4. The second-order valence-electron chi connectivity index (χ2n) is 7.69. The zero-order chi connectivity index (χ0) is 21.2. The van der Waals surface area contributed by atoms with E-state index in [1.807, 2.05) is 24.4 Å². The van der Waals surface area contributed by atoms with E-state index in [0.29, 0.717) is 5.62 Å². The Balaban J connectivity index is 1.82. The number of rotatable bonds is 4. The van der Waals surface area contributed by atoms with Crippen LogP contribution in [0.5, 0.6) is 0 Å². The van der Waals surface area contributed by atoms with Gasteiger partial charge < -0.3 is 0 Å². The number of nitrogens with zero attached hydrogens (tertiary/aromatic N) is 3. The van der Waals surface area contributed by atoms with Crippen LogP contribution in [0.3, 0.4) is 0 Å². The average molecular weight is 402 g/mol. The maximum Gasteiger partial charge on any atom is 0.234 e. The molecule has 2 aliphatic rings. The van der Waals surface area contributed by atoms with Crippen LogP contribution in [0.1, 0.15) is 22.4 Å². The van der Waals surface area contributed by atoms with Gasteiger partial charge in [-0.2, -0.15) is 0 Å². The molecule has 0 bridgehead atoms. The van der Waals surface area contributed by atoms with E-state index in [-0.39, 0.29) is 0 Å². The van der Waals surface area contributed by atoms with Gasteiger partial charge in [-0.3, -0.25) is 4.57 Å². The molecule has 0 atom stereocenters. The number of aryl methyl sites for hydroxylation is 2. The van der Waals surface area contributed by atoms with E-state index >= 15 is 0 Å². The summed E-state index contributed by atoms with van der Waals surface area (Å²) >= 11 is 0. The maximum atomic E-state index is 5.00. The van der Waals surface area contributed by atoms with Crippen molar-refractivity contribution in [1.82, 2.24) is 9.55 Å². The SMILES string of the molecule is Cc1ccccc1N=c1ncc([C]2[CH][CH][CH][CH]2)c([C]2[CH][CH][CH][CH]2)n1-c1ccccc1C. The third-order valence-corrected chi connectivity index (χ3v) is 5.59. The topological polar surface area (TPSA) is 30.2 Å². The lowest BCUT2D eigenvalue weighted by atomic mass is 9.90. The molecule has 3 heteroatoms. The average Bonchev–Trinajstić information content (AvgIpc) is 3.50. The van der Waals surface area contributed by atoms with Crippen LogP contribution in [0.15, 0.2) is 59.7 Å². The fourth-order valence-corrected chi connectivity index (χ4v) is 3.96. The molecule has 3 nitrogen and oxygen atoms in total. The molecule has 0 aliphatic heterocycles. The molecule has 3 aromatic rings. The van der Waals surface area contributed by atoms with Crippen LogP contribution < -0.4 is 5.62 Å². The molecule has 1 heterocycles. The van der Waals surface area contributed by atoms with Crippen molar-refractivity contribution in [1.29, 1.82) is 0 Å². The summed E-state index contributed by atoms with van der Waals surface area (Å²) in [4.78, 5) is 9.86. The van der Waals surface area contributed by atoms with Gasteiger partial charge in [0.15, 0.2) is 0 Å². The molecule has 0 amide bonds. The minimum atomic E-state index is 0.662. The largest absolute Gasteiger partial charge is 0.282 e. The Kier molecular flexibility index (Phi) is 5.76. The van der Waals surface area contributed by atoms with Gasteiger partial charge in [-0.25, -0.2) is 9.98 Å². The minimum Gasteiger partial charge on any atom is -0.282 e. The highest BCUT2D eigenvalue weighted by Gasteiger charge is 2.31. The first-order chi connectivity index (χ1) is 15.2. The standard InChI is InChI=1S/C28H23N3/c1-20-11-3-9-17-25(20)30-28-29-19-24(22-13-5-6-14-22)27(23-15-7-8-16-23)31(28)26-18-10-4-12-21(26)2/h3-19H,1-2H3. The summed E-state index contributed by atoms with van der Waals surface area (Å²) in [6, 6.07) is 16.6. The molecule has 2 aromatic carbocycles. The lowest BCUT2D eigenvalue weighted by Gasteiger charge is -2.25. The second kappa shape index (κ2) is 8.82. The molecule has 0 spiro atoms. The van der Waals surface area contributed by atoms with Crippen molar-refractivity contribution >= 4 is 5.69 Å². The van der Waals surface area contributed by atoms with Gasteiger partial charge in [0, 0.05) is 23.7 Å². The molecular formula is C28H23N3. The number of benzene rings is 2. The van der Waals surface area contributed by atoms with E-state index in [4.69, 9.17) is 9.98 Å². The molecule has 31 heavy (non-hydrogen) atoms. The molecule has 2 fully saturated rings. The number of para-hydroxylation sites is 2. The van der Waals surface area contributed by atoms with Crippen molar-refractivity contribution in [3.05, 3.63) is 146 Å². The van der Waals surface area contributed by atoms with Crippen LogP contribution in [0.25, 0.3) is 5.69 Å². The molecule has 2 saturated carbocycles. The van der Waals surface area contributed by atoms with Gasteiger partial charge in [0.25, 0.3) is 0 Å². The first-order valence-electron chi connectivity index (χ1n) is 10.4. The predicted molar refractivity (Wildman–Crippen MR) is 124 cm³/mol. The van der Waals surface area contributed by atoms with Gasteiger partial charge >= 0.3 is 0 Å². The van der Waals surface area contributed by atoms with Gasteiger partial charge in [-0.15, -0.1) is 0 Å². The zero-order valence-electron chi connectivity index (χ0n) is 17.7. The van der Waals surface area contributed by atoms with Gasteiger partial charge in [0.2, 0.25) is 5.62 Å². The van der Waals surface area contributed by atoms with Crippen LogP contribution in [0, 0.1) is 77.0 Å². The van der Waals surface area contributed by atoms with Crippen LogP contribution in [-0.2, 0) is 0 Å². The Morgan fingerprint density at radius 1 is 0.710 bits per heavy atom. The number of hydrogen-bond donors (Lipinski definition) is 0. The molecule has 10 radical (unpaired) electrons. The third kappa shape index (κ3) is 3.98. The van der Waals surface area contributed by atoms with Crippen molar-refractivity contribution in [3.8, 4) is 5.69 Å². The van der Waals surface area contributed by atoms with Gasteiger partial charge in [-0.05, 0) is 94.0 Å². The van der Waals surface area contributed by atoms with E-state index < -0.39 is 0 Å². The van der Waals surface area contributed by atoms with E-state index in [2.05, 4.69) is 100 Å². The lowest BCUT2D eigenvalue weighted by Crippen LogP contribution is -2.30. The Bertz CT molecular complexity index is 1130. The molecule has 150 valence electrons. The van der Waals surface area contributed by atoms with Crippen molar-refractivity contribution in [2.75, 3.05) is 0 Å². The summed E-state index contributed by atoms with van der Waals surface area (Å²) < 4.78 is 2.19. The minimum absolute atomic E-state index is 0.662. The van der Waals surface area contributed by atoms with Crippen molar-refractivity contribution in [2.45, 2.75) is 13.8 Å². The zero-order valence-corrected chi connectivity index (χ0v) is 17.7. The molecule has 5 rings (SSSR count). The van der Waals surface area contributed by atoms with E-state index in [1.165, 1.54) is 5.56 Å². The molecular weight excluding hydrogens is 378 g/mol. The molecule has 0 N–H and O–H groups in total. The summed E-state index contributed by atoms with van der Waals surface area (Å²) in [6.45, 7) is 4.21. The van der Waals surface area contributed by atoms with Gasteiger partial charge in [-0.1, -0.05) is 36.4 Å². The Labute approximate surface area is 185 Å². The highest BCUT2D eigenvalue weighted by Crippen LogP contribution is 2.39. The van der Waals surface area contributed by atoms with E-state index in [0.717, 1.165) is 40.0 Å². The fraction of sp³-hybridized carbons (Fsp3) is 0.0714. The summed E-state index contributed by atoms with van der Waals surface area (Å²) in [5.41, 5.74) is 7.13. The Hall–Kier alpha value is -2.68. The summed E-state index contributed by atoms with van der Waals surface area (Å²) in [5, 5.41) is 0. The van der Waals surface area contributed by atoms with Crippen LogP contribution >= 0.6 is 0 Å². The summed E-state index contributed by atoms with van der Waals surface area (Å²) in [5.74, 6) is 2.29. The van der Waals surface area contributed by atoms with Gasteiger partial charge in [0.1, 0.15) is 0 Å². The van der Waals surface area contributed by atoms with Crippen molar-refractivity contribution in [2.24, 2.45) is 4.99 Å². The second-order valence-corrected chi connectivity index (χ2v) is 7.69. The number of hydrogen-bond acceptors (Lipinski definition) is 2. The highest BCUT2D eigenvalue weighted by atomic mass is 15.1. The molecule has 0 saturated heterocycles. The third-order valence-electron chi connectivity index (χ3n) is 5.59. The molecule has 1 aromatic heterocycles. The normalized spacial score (nSPS) is 18.2. The Morgan fingerprint density at radius 3 is 2.00 bits per heavy atom. The van der Waals surface area contributed by atoms with Crippen LogP contribution in [-0.4, -0.2) is 9.55 Å². The first kappa shape index (κ1) is 20.2. The fourth-order valence-electron chi connectivity index (χ4n) is 3.96. The van der Waals surface area contributed by atoms with Gasteiger partial charge in [0.05, 0.1) is 11.4 Å². The smallest absolute Gasteiger partial charge is 0.234 e. The highest BCUT2D eigenvalue weighted by molar-refractivity contribution is 5.61. The Morgan fingerprint density at radius 2 is 1.32 bits per heavy atom. The monoisotopic (exact) mass is 401 g/mol. The maximum absolute atomic E-state index is 5.00. The molecule has 2 aliphatic carbocycles. The van der Waals surface area contributed by atoms with E-state index in [1.54, 1.807) is 0 Å². The van der Waals surface area contributed by atoms with Crippen molar-refractivity contribution in [3.63, 3.8) is 0 Å². The molecule has 0 unspecified atom stereocenters. The van der Waals surface area contributed by atoms with Crippen LogP contribution in [0.4, 0.5) is 5.69 Å². The van der Waals surface area contributed by atoms with E-state index in [9.17, 15) is 0 Å². The number of aromatic nitrogens is 2. The quantitative estimate of drug-likeness (QED) is 0.589.